The van der Waals surface area contributed by atoms with E-state index in [0.29, 0.717) is 11.4 Å². The van der Waals surface area contributed by atoms with E-state index in [9.17, 15) is 9.59 Å². The number of carbonyl (C=O) groups is 2. The second-order valence-corrected chi connectivity index (χ2v) is 2.78. The number of nitrogens with two attached hydrogens (primary N) is 1. The van der Waals surface area contributed by atoms with Crippen molar-refractivity contribution in [3.63, 3.8) is 0 Å². The summed E-state index contributed by atoms with van der Waals surface area (Å²) in [7, 11) is 0. The van der Waals surface area contributed by atoms with Gasteiger partial charge < -0.3 is 16.2 Å². The summed E-state index contributed by atoms with van der Waals surface area (Å²) in [5.74, 6) is -1.66. The van der Waals surface area contributed by atoms with E-state index in [1.807, 2.05) is 0 Å². The zero-order valence-electron chi connectivity index (χ0n) is 7.81. The first-order valence-corrected chi connectivity index (χ1v) is 4.15. The summed E-state index contributed by atoms with van der Waals surface area (Å²) in [6.07, 6.45) is 1.71. The summed E-state index contributed by atoms with van der Waals surface area (Å²) in [5, 5.41) is 10.8. The molecular formula is C10H10N2O3. The molecule has 0 bridgehead atoms. The molecule has 0 aromatic heterocycles. The number of anilines is 2. The van der Waals surface area contributed by atoms with Gasteiger partial charge in [-0.1, -0.05) is 0 Å². The average molecular weight is 206 g/mol. The molecule has 0 spiro atoms. The number of nitrogen functional groups attached to an aromatic ring is 1. The van der Waals surface area contributed by atoms with Crippen molar-refractivity contribution in [1.82, 2.24) is 0 Å². The normalized spacial score (nSPS) is 10.1. The van der Waals surface area contributed by atoms with Gasteiger partial charge in [0.2, 0.25) is 5.91 Å². The number of benzene rings is 1. The van der Waals surface area contributed by atoms with Crippen molar-refractivity contribution in [3.05, 3.63) is 36.4 Å². The summed E-state index contributed by atoms with van der Waals surface area (Å²) >= 11 is 0. The smallest absolute Gasteiger partial charge is 0.328 e. The maximum Gasteiger partial charge on any atom is 0.328 e. The minimum absolute atomic E-state index is 0.498. The van der Waals surface area contributed by atoms with Crippen LogP contribution in [0.4, 0.5) is 11.4 Å². The summed E-state index contributed by atoms with van der Waals surface area (Å²) in [6.45, 7) is 0. The Bertz CT molecular complexity index is 396. The highest BCUT2D eigenvalue weighted by Crippen LogP contribution is 2.10. The van der Waals surface area contributed by atoms with Crippen LogP contribution < -0.4 is 11.1 Å². The molecule has 1 rings (SSSR count). The van der Waals surface area contributed by atoms with Gasteiger partial charge in [-0.3, -0.25) is 4.79 Å². The molecule has 1 aromatic carbocycles. The maximum absolute atomic E-state index is 11.1. The van der Waals surface area contributed by atoms with Crippen LogP contribution in [0.5, 0.6) is 0 Å². The predicted octanol–water partition coefficient (Wildman–Crippen LogP) is 0.848. The minimum atomic E-state index is -1.16. The Labute approximate surface area is 86.2 Å². The molecule has 0 aliphatic carbocycles. The second-order valence-electron chi connectivity index (χ2n) is 2.78. The fraction of sp³-hybridized carbons (Fsp3) is 0. The molecule has 15 heavy (non-hydrogen) atoms. The molecule has 0 saturated heterocycles. The Morgan fingerprint density at radius 2 is 1.80 bits per heavy atom. The van der Waals surface area contributed by atoms with E-state index < -0.39 is 11.9 Å². The topological polar surface area (TPSA) is 92.4 Å². The van der Waals surface area contributed by atoms with Crippen molar-refractivity contribution in [1.29, 1.82) is 0 Å². The quantitative estimate of drug-likeness (QED) is 0.505. The Morgan fingerprint density at radius 1 is 1.20 bits per heavy atom. The molecule has 1 aromatic rings. The fourth-order valence-electron chi connectivity index (χ4n) is 0.897. The van der Waals surface area contributed by atoms with Crippen LogP contribution in [-0.2, 0) is 9.59 Å². The molecule has 1 amide bonds. The zero-order chi connectivity index (χ0) is 11.3. The third-order valence-electron chi connectivity index (χ3n) is 1.56. The molecule has 0 unspecified atom stereocenters. The zero-order valence-corrected chi connectivity index (χ0v) is 7.81. The highest BCUT2D eigenvalue weighted by atomic mass is 16.4. The van der Waals surface area contributed by atoms with Crippen LogP contribution in [0.25, 0.3) is 0 Å². The lowest BCUT2D eigenvalue weighted by molar-refractivity contribution is -0.131. The lowest BCUT2D eigenvalue weighted by Crippen LogP contribution is -2.08. The van der Waals surface area contributed by atoms with Gasteiger partial charge in [0, 0.05) is 23.5 Å². The molecule has 0 aliphatic heterocycles. The van der Waals surface area contributed by atoms with Gasteiger partial charge in [-0.15, -0.1) is 0 Å². The van der Waals surface area contributed by atoms with E-state index >= 15 is 0 Å². The fourth-order valence-corrected chi connectivity index (χ4v) is 0.897. The van der Waals surface area contributed by atoms with Crippen LogP contribution in [0.1, 0.15) is 0 Å². The molecule has 0 atom stereocenters. The highest BCUT2D eigenvalue weighted by molar-refractivity contribution is 6.02. The number of rotatable bonds is 3. The number of amides is 1. The van der Waals surface area contributed by atoms with Gasteiger partial charge in [0.25, 0.3) is 0 Å². The Morgan fingerprint density at radius 3 is 2.33 bits per heavy atom. The Hall–Kier alpha value is -2.30. The first-order valence-electron chi connectivity index (χ1n) is 4.15. The monoisotopic (exact) mass is 206 g/mol. The standard InChI is InChI=1S/C10H10N2O3/c11-7-1-3-8(4-2-7)12-9(13)5-6-10(14)15/h1-6H,11H2,(H,12,13)(H,14,15). The second kappa shape index (κ2) is 4.80. The number of carboxylic acids is 1. The third-order valence-corrected chi connectivity index (χ3v) is 1.56. The predicted molar refractivity (Wildman–Crippen MR) is 56.3 cm³/mol. The summed E-state index contributed by atoms with van der Waals surface area (Å²) < 4.78 is 0. The van der Waals surface area contributed by atoms with Crippen LogP contribution in [0, 0.1) is 0 Å². The van der Waals surface area contributed by atoms with Crippen molar-refractivity contribution < 1.29 is 14.7 Å². The van der Waals surface area contributed by atoms with E-state index in [-0.39, 0.29) is 0 Å². The van der Waals surface area contributed by atoms with Crippen molar-refractivity contribution in [2.75, 3.05) is 11.1 Å². The number of carbonyl (C=O) groups excluding carboxylic acids is 1. The summed E-state index contributed by atoms with van der Waals surface area (Å²) in [4.78, 5) is 21.2. The molecule has 78 valence electrons. The average Bonchev–Trinajstić information content (AvgIpc) is 2.19. The van der Waals surface area contributed by atoms with Gasteiger partial charge in [-0.2, -0.15) is 0 Å². The van der Waals surface area contributed by atoms with Crippen LogP contribution >= 0.6 is 0 Å². The van der Waals surface area contributed by atoms with Crippen molar-refractivity contribution in [2.24, 2.45) is 0 Å². The van der Waals surface area contributed by atoms with Gasteiger partial charge in [0.15, 0.2) is 0 Å². The number of carboxylic acid groups (broad SMARTS) is 1. The van der Waals surface area contributed by atoms with Crippen LogP contribution in [0.3, 0.4) is 0 Å². The van der Waals surface area contributed by atoms with Crippen LogP contribution in [0.2, 0.25) is 0 Å². The maximum atomic E-state index is 11.1. The van der Waals surface area contributed by atoms with Crippen LogP contribution in [0.15, 0.2) is 36.4 Å². The Balaban J connectivity index is 2.59. The molecule has 0 saturated carbocycles. The lowest BCUT2D eigenvalue weighted by Gasteiger charge is -2.01. The lowest BCUT2D eigenvalue weighted by atomic mass is 10.3. The SMILES string of the molecule is Nc1ccc(NC(=O)C=CC(=O)O)cc1. The van der Waals surface area contributed by atoms with E-state index in [2.05, 4.69) is 5.32 Å². The summed E-state index contributed by atoms with van der Waals surface area (Å²) in [5.41, 5.74) is 6.60. The molecule has 0 heterocycles. The molecule has 0 aliphatic rings. The molecule has 5 heteroatoms. The molecule has 0 fully saturated rings. The Kier molecular flexibility index (Phi) is 3.45. The number of hydrogen-bond donors (Lipinski definition) is 3. The first-order chi connectivity index (χ1) is 7.08. The van der Waals surface area contributed by atoms with Gasteiger partial charge in [-0.25, -0.2) is 4.79 Å². The highest BCUT2D eigenvalue weighted by Gasteiger charge is 1.97. The van der Waals surface area contributed by atoms with Crippen molar-refractivity contribution in [2.45, 2.75) is 0 Å². The summed E-state index contributed by atoms with van der Waals surface area (Å²) in [6, 6.07) is 6.52. The van der Waals surface area contributed by atoms with E-state index in [1.54, 1.807) is 24.3 Å². The number of hydrogen-bond acceptors (Lipinski definition) is 3. The van der Waals surface area contributed by atoms with Gasteiger partial charge in [-0.05, 0) is 24.3 Å². The largest absolute Gasteiger partial charge is 0.478 e. The molecule has 0 radical (unpaired) electrons. The molecule has 4 N–H and O–H groups in total. The van der Waals surface area contributed by atoms with E-state index in [0.717, 1.165) is 12.2 Å². The van der Waals surface area contributed by atoms with Gasteiger partial charge >= 0.3 is 5.97 Å². The first kappa shape index (κ1) is 10.8. The van der Waals surface area contributed by atoms with E-state index in [1.165, 1.54) is 0 Å². The van der Waals surface area contributed by atoms with Crippen molar-refractivity contribution >= 4 is 23.3 Å². The number of nitrogens with one attached hydrogen (secondary N) is 1. The third kappa shape index (κ3) is 3.95. The molecular weight excluding hydrogens is 196 g/mol. The van der Waals surface area contributed by atoms with E-state index in [4.69, 9.17) is 10.8 Å². The number of aliphatic carboxylic acids is 1. The van der Waals surface area contributed by atoms with Crippen LogP contribution in [-0.4, -0.2) is 17.0 Å². The molecule has 5 nitrogen and oxygen atoms in total. The minimum Gasteiger partial charge on any atom is -0.478 e. The van der Waals surface area contributed by atoms with Gasteiger partial charge in [0.1, 0.15) is 0 Å². The van der Waals surface area contributed by atoms with Gasteiger partial charge in [0.05, 0.1) is 0 Å². The van der Waals surface area contributed by atoms with Crippen molar-refractivity contribution in [3.8, 4) is 0 Å².